The highest BCUT2D eigenvalue weighted by atomic mass is 16.6. The molecule has 1 aliphatic rings. The maximum atomic E-state index is 10.4. The minimum atomic E-state index is -0.539. The molecule has 1 heterocycles. The molecule has 1 unspecified atom stereocenters. The second-order valence-electron chi connectivity index (χ2n) is 5.54. The fourth-order valence-electron chi connectivity index (χ4n) is 2.54. The molecule has 110 valence electrons. The SMILES string of the molecule is Cc1ccc(CC(O)c2ccc3c(c2)OCCO3)cc1C. The van der Waals surface area contributed by atoms with E-state index in [1.165, 1.54) is 11.1 Å². The molecular weight excluding hydrogens is 264 g/mol. The molecule has 0 bridgehead atoms. The lowest BCUT2D eigenvalue weighted by molar-refractivity contribution is 0.164. The van der Waals surface area contributed by atoms with Crippen LogP contribution in [0.3, 0.4) is 0 Å². The highest BCUT2D eigenvalue weighted by molar-refractivity contribution is 5.44. The Morgan fingerprint density at radius 3 is 2.48 bits per heavy atom. The number of fused-ring (bicyclic) bond motifs is 1. The lowest BCUT2D eigenvalue weighted by atomic mass is 9.98. The standard InChI is InChI=1S/C18H20O3/c1-12-3-4-14(9-13(12)2)10-16(19)15-5-6-17-18(11-15)21-8-7-20-17/h3-6,9,11,16,19H,7-8,10H2,1-2H3. The minimum absolute atomic E-state index is 0.539. The third kappa shape index (κ3) is 3.03. The van der Waals surface area contributed by atoms with E-state index in [-0.39, 0.29) is 0 Å². The van der Waals surface area contributed by atoms with Crippen molar-refractivity contribution in [1.29, 1.82) is 0 Å². The fraction of sp³-hybridized carbons (Fsp3) is 0.333. The van der Waals surface area contributed by atoms with Gasteiger partial charge in [0.2, 0.25) is 0 Å². The van der Waals surface area contributed by atoms with E-state index in [0.717, 1.165) is 22.6 Å². The predicted molar refractivity (Wildman–Crippen MR) is 82.0 cm³/mol. The molecule has 3 rings (SSSR count). The van der Waals surface area contributed by atoms with Crippen molar-refractivity contribution in [3.8, 4) is 11.5 Å². The first-order chi connectivity index (χ1) is 10.1. The molecule has 0 aliphatic carbocycles. The molecule has 0 fully saturated rings. The van der Waals surface area contributed by atoms with Gasteiger partial charge in [0.15, 0.2) is 11.5 Å². The van der Waals surface area contributed by atoms with E-state index in [0.29, 0.717) is 19.6 Å². The van der Waals surface area contributed by atoms with Crippen LogP contribution in [0.15, 0.2) is 36.4 Å². The van der Waals surface area contributed by atoms with Crippen molar-refractivity contribution in [2.75, 3.05) is 13.2 Å². The fourth-order valence-corrected chi connectivity index (χ4v) is 2.54. The average Bonchev–Trinajstić information content (AvgIpc) is 2.50. The molecule has 1 N–H and O–H groups in total. The first kappa shape index (κ1) is 14.0. The molecular formula is C18H20O3. The quantitative estimate of drug-likeness (QED) is 0.939. The number of aliphatic hydroxyl groups is 1. The molecule has 3 heteroatoms. The van der Waals surface area contributed by atoms with Crippen molar-refractivity contribution in [2.45, 2.75) is 26.4 Å². The van der Waals surface area contributed by atoms with E-state index in [2.05, 4.69) is 32.0 Å². The number of hydrogen-bond acceptors (Lipinski definition) is 3. The van der Waals surface area contributed by atoms with Crippen LogP contribution in [0.2, 0.25) is 0 Å². The van der Waals surface area contributed by atoms with Gasteiger partial charge in [-0.15, -0.1) is 0 Å². The molecule has 0 radical (unpaired) electrons. The van der Waals surface area contributed by atoms with Gasteiger partial charge >= 0.3 is 0 Å². The molecule has 21 heavy (non-hydrogen) atoms. The van der Waals surface area contributed by atoms with Gasteiger partial charge in [-0.25, -0.2) is 0 Å². The van der Waals surface area contributed by atoms with Gasteiger partial charge in [0.05, 0.1) is 6.10 Å². The third-order valence-electron chi connectivity index (χ3n) is 3.95. The van der Waals surface area contributed by atoms with Gasteiger partial charge in [0.25, 0.3) is 0 Å². The van der Waals surface area contributed by atoms with Crippen LogP contribution in [0.5, 0.6) is 11.5 Å². The summed E-state index contributed by atoms with van der Waals surface area (Å²) in [5.41, 5.74) is 4.52. The number of hydrogen-bond donors (Lipinski definition) is 1. The normalized spacial score (nSPS) is 14.8. The van der Waals surface area contributed by atoms with Crippen LogP contribution in [0.25, 0.3) is 0 Å². The zero-order chi connectivity index (χ0) is 14.8. The van der Waals surface area contributed by atoms with Gasteiger partial charge in [-0.05, 0) is 48.2 Å². The van der Waals surface area contributed by atoms with Crippen molar-refractivity contribution in [3.05, 3.63) is 58.7 Å². The maximum absolute atomic E-state index is 10.4. The van der Waals surface area contributed by atoms with Crippen LogP contribution in [0, 0.1) is 13.8 Å². The smallest absolute Gasteiger partial charge is 0.161 e. The number of ether oxygens (including phenoxy) is 2. The Labute approximate surface area is 125 Å². The molecule has 0 aromatic heterocycles. The summed E-state index contributed by atoms with van der Waals surface area (Å²) in [6.45, 7) is 5.33. The van der Waals surface area contributed by atoms with Crippen molar-refractivity contribution >= 4 is 0 Å². The van der Waals surface area contributed by atoms with E-state index in [1.807, 2.05) is 18.2 Å². The monoisotopic (exact) mass is 284 g/mol. The molecule has 0 amide bonds. The van der Waals surface area contributed by atoms with E-state index >= 15 is 0 Å². The zero-order valence-electron chi connectivity index (χ0n) is 12.4. The lowest BCUT2D eigenvalue weighted by Gasteiger charge is -2.20. The van der Waals surface area contributed by atoms with Gasteiger partial charge < -0.3 is 14.6 Å². The molecule has 2 aromatic carbocycles. The summed E-state index contributed by atoms with van der Waals surface area (Å²) in [6, 6.07) is 12.0. The summed E-state index contributed by atoms with van der Waals surface area (Å²) in [7, 11) is 0. The number of aliphatic hydroxyl groups excluding tert-OH is 1. The highest BCUT2D eigenvalue weighted by Gasteiger charge is 2.15. The first-order valence-electron chi connectivity index (χ1n) is 7.27. The van der Waals surface area contributed by atoms with Crippen LogP contribution in [0.4, 0.5) is 0 Å². The summed E-state index contributed by atoms with van der Waals surface area (Å²) in [6.07, 6.45) is 0.0590. The second-order valence-corrected chi connectivity index (χ2v) is 5.54. The summed E-state index contributed by atoms with van der Waals surface area (Å²) >= 11 is 0. The van der Waals surface area contributed by atoms with Crippen LogP contribution in [0.1, 0.15) is 28.4 Å². The van der Waals surface area contributed by atoms with Gasteiger partial charge in [0, 0.05) is 6.42 Å². The predicted octanol–water partition coefficient (Wildman–Crippen LogP) is 3.35. The summed E-state index contributed by atoms with van der Waals surface area (Å²) in [5.74, 6) is 1.47. The largest absolute Gasteiger partial charge is 0.486 e. The van der Waals surface area contributed by atoms with Crippen LogP contribution in [-0.4, -0.2) is 18.3 Å². The number of rotatable bonds is 3. The van der Waals surface area contributed by atoms with Crippen LogP contribution in [-0.2, 0) is 6.42 Å². The Hall–Kier alpha value is -2.00. The van der Waals surface area contributed by atoms with E-state index < -0.39 is 6.10 Å². The lowest BCUT2D eigenvalue weighted by Crippen LogP contribution is -2.15. The van der Waals surface area contributed by atoms with Crippen LogP contribution < -0.4 is 9.47 Å². The molecule has 0 saturated carbocycles. The summed E-state index contributed by atoms with van der Waals surface area (Å²) in [5, 5.41) is 10.4. The minimum Gasteiger partial charge on any atom is -0.486 e. The summed E-state index contributed by atoms with van der Waals surface area (Å²) < 4.78 is 11.1. The Morgan fingerprint density at radius 1 is 0.952 bits per heavy atom. The second kappa shape index (κ2) is 5.78. The van der Waals surface area contributed by atoms with Gasteiger partial charge in [0.1, 0.15) is 13.2 Å². The number of benzene rings is 2. The van der Waals surface area contributed by atoms with Crippen molar-refractivity contribution in [2.24, 2.45) is 0 Å². The Bertz CT molecular complexity index is 649. The van der Waals surface area contributed by atoms with Gasteiger partial charge in [-0.3, -0.25) is 0 Å². The van der Waals surface area contributed by atoms with Crippen molar-refractivity contribution in [3.63, 3.8) is 0 Å². The molecule has 2 aromatic rings. The Balaban J connectivity index is 1.78. The molecule has 3 nitrogen and oxygen atoms in total. The molecule has 0 saturated heterocycles. The Kier molecular flexibility index (Phi) is 3.84. The molecule has 0 spiro atoms. The van der Waals surface area contributed by atoms with Gasteiger partial charge in [-0.2, -0.15) is 0 Å². The van der Waals surface area contributed by atoms with Gasteiger partial charge in [-0.1, -0.05) is 24.3 Å². The van der Waals surface area contributed by atoms with Crippen molar-refractivity contribution < 1.29 is 14.6 Å². The van der Waals surface area contributed by atoms with E-state index in [1.54, 1.807) is 0 Å². The molecule has 1 aliphatic heterocycles. The maximum Gasteiger partial charge on any atom is 0.161 e. The van der Waals surface area contributed by atoms with Crippen molar-refractivity contribution in [1.82, 2.24) is 0 Å². The third-order valence-corrected chi connectivity index (χ3v) is 3.95. The van der Waals surface area contributed by atoms with E-state index in [9.17, 15) is 5.11 Å². The topological polar surface area (TPSA) is 38.7 Å². The average molecular weight is 284 g/mol. The molecule has 1 atom stereocenters. The van der Waals surface area contributed by atoms with Crippen LogP contribution >= 0.6 is 0 Å². The Morgan fingerprint density at radius 2 is 1.71 bits per heavy atom. The first-order valence-corrected chi connectivity index (χ1v) is 7.27. The van der Waals surface area contributed by atoms with E-state index in [4.69, 9.17) is 9.47 Å². The zero-order valence-corrected chi connectivity index (χ0v) is 12.4. The summed E-state index contributed by atoms with van der Waals surface area (Å²) in [4.78, 5) is 0. The number of aryl methyl sites for hydroxylation is 2. The highest BCUT2D eigenvalue weighted by Crippen LogP contribution is 2.33.